The molecule has 1 heterocycles. The number of rotatable bonds is 3. The van der Waals surface area contributed by atoms with Crippen LogP contribution in [0.15, 0.2) is 0 Å². The van der Waals surface area contributed by atoms with Crippen molar-refractivity contribution >= 4 is 0 Å². The van der Waals surface area contributed by atoms with E-state index in [1.807, 2.05) is 0 Å². The molecule has 0 aromatic carbocycles. The standard InChI is InChI=1S/C14H30N2O/c1-13(2,3)12-10-16(9-7-8-15-12)11-14(4,5)17-6/h12,15H,7-11H2,1-6H3. The molecule has 0 spiro atoms. The van der Waals surface area contributed by atoms with Crippen LogP contribution in [0.2, 0.25) is 0 Å². The summed E-state index contributed by atoms with van der Waals surface area (Å²) in [7, 11) is 1.80. The molecule has 3 nitrogen and oxygen atoms in total. The summed E-state index contributed by atoms with van der Waals surface area (Å²) >= 11 is 0. The number of nitrogens with one attached hydrogen (secondary N) is 1. The smallest absolute Gasteiger partial charge is 0.0749 e. The topological polar surface area (TPSA) is 24.5 Å². The predicted molar refractivity (Wildman–Crippen MR) is 73.4 cm³/mol. The van der Waals surface area contributed by atoms with Gasteiger partial charge in [0.25, 0.3) is 0 Å². The van der Waals surface area contributed by atoms with Crippen molar-refractivity contribution in [1.29, 1.82) is 0 Å². The average Bonchev–Trinajstić information content (AvgIpc) is 2.42. The van der Waals surface area contributed by atoms with Gasteiger partial charge in [0.2, 0.25) is 0 Å². The van der Waals surface area contributed by atoms with E-state index >= 15 is 0 Å². The Morgan fingerprint density at radius 2 is 1.88 bits per heavy atom. The molecule has 1 unspecified atom stereocenters. The third kappa shape index (κ3) is 4.94. The van der Waals surface area contributed by atoms with Gasteiger partial charge in [-0.1, -0.05) is 20.8 Å². The minimum Gasteiger partial charge on any atom is -0.377 e. The molecule has 0 aliphatic carbocycles. The van der Waals surface area contributed by atoms with Crippen molar-refractivity contribution in [3.8, 4) is 0 Å². The van der Waals surface area contributed by atoms with Crippen molar-refractivity contribution in [3.63, 3.8) is 0 Å². The summed E-state index contributed by atoms with van der Waals surface area (Å²) in [6.07, 6.45) is 1.23. The second kappa shape index (κ2) is 5.68. The molecule has 1 fully saturated rings. The van der Waals surface area contributed by atoms with Crippen LogP contribution in [0.4, 0.5) is 0 Å². The van der Waals surface area contributed by atoms with Gasteiger partial charge in [0, 0.05) is 26.2 Å². The minimum atomic E-state index is -0.0488. The van der Waals surface area contributed by atoms with E-state index in [0.717, 1.165) is 19.6 Å². The van der Waals surface area contributed by atoms with Gasteiger partial charge in [-0.25, -0.2) is 0 Å². The molecule has 0 aromatic heterocycles. The molecule has 17 heavy (non-hydrogen) atoms. The molecular weight excluding hydrogens is 212 g/mol. The quantitative estimate of drug-likeness (QED) is 0.820. The first-order valence-electron chi connectivity index (χ1n) is 6.75. The largest absolute Gasteiger partial charge is 0.377 e. The number of ether oxygens (including phenoxy) is 1. The van der Waals surface area contributed by atoms with Crippen molar-refractivity contribution in [2.75, 3.05) is 33.3 Å². The third-order valence-corrected chi connectivity index (χ3v) is 3.68. The summed E-state index contributed by atoms with van der Waals surface area (Å²) in [5, 5.41) is 3.67. The van der Waals surface area contributed by atoms with Gasteiger partial charge >= 0.3 is 0 Å². The van der Waals surface area contributed by atoms with E-state index in [0.29, 0.717) is 11.5 Å². The lowest BCUT2D eigenvalue weighted by atomic mass is 9.86. The highest BCUT2D eigenvalue weighted by atomic mass is 16.5. The van der Waals surface area contributed by atoms with Crippen LogP contribution in [-0.4, -0.2) is 49.8 Å². The van der Waals surface area contributed by atoms with Crippen LogP contribution >= 0.6 is 0 Å². The number of nitrogens with zero attached hydrogens (tertiary/aromatic N) is 1. The van der Waals surface area contributed by atoms with E-state index in [1.54, 1.807) is 7.11 Å². The maximum absolute atomic E-state index is 5.54. The lowest BCUT2D eigenvalue weighted by Gasteiger charge is -2.36. The van der Waals surface area contributed by atoms with Crippen LogP contribution in [0.3, 0.4) is 0 Å². The van der Waals surface area contributed by atoms with E-state index in [9.17, 15) is 0 Å². The fourth-order valence-corrected chi connectivity index (χ4v) is 2.32. The molecule has 1 rings (SSSR count). The van der Waals surface area contributed by atoms with Crippen LogP contribution in [0.5, 0.6) is 0 Å². The lowest BCUT2D eigenvalue weighted by Crippen LogP contribution is -2.49. The second-order valence-corrected chi connectivity index (χ2v) is 6.93. The molecule has 1 N–H and O–H groups in total. The van der Waals surface area contributed by atoms with E-state index < -0.39 is 0 Å². The highest BCUT2D eigenvalue weighted by Gasteiger charge is 2.30. The zero-order chi connectivity index (χ0) is 13.1. The Bertz CT molecular complexity index is 233. The zero-order valence-electron chi connectivity index (χ0n) is 12.5. The normalized spacial score (nSPS) is 24.7. The van der Waals surface area contributed by atoms with Crippen LogP contribution in [0, 0.1) is 5.41 Å². The molecular formula is C14H30N2O. The first kappa shape index (κ1) is 14.9. The lowest BCUT2D eigenvalue weighted by molar-refractivity contribution is -0.00993. The number of hydrogen-bond acceptors (Lipinski definition) is 3. The summed E-state index contributed by atoms with van der Waals surface area (Å²) in [6, 6.07) is 0.567. The Morgan fingerprint density at radius 1 is 1.24 bits per heavy atom. The van der Waals surface area contributed by atoms with E-state index in [2.05, 4.69) is 44.8 Å². The van der Waals surface area contributed by atoms with Crippen molar-refractivity contribution in [3.05, 3.63) is 0 Å². The fraction of sp³-hybridized carbons (Fsp3) is 1.00. The Morgan fingerprint density at radius 3 is 2.41 bits per heavy atom. The van der Waals surface area contributed by atoms with E-state index in [-0.39, 0.29) is 5.60 Å². The average molecular weight is 242 g/mol. The first-order chi connectivity index (χ1) is 7.74. The Labute approximate surface area is 107 Å². The Kier molecular flexibility index (Phi) is 4.99. The van der Waals surface area contributed by atoms with Gasteiger partial charge in [-0.3, -0.25) is 4.90 Å². The maximum atomic E-state index is 5.54. The van der Waals surface area contributed by atoms with E-state index in [4.69, 9.17) is 4.74 Å². The molecule has 0 amide bonds. The second-order valence-electron chi connectivity index (χ2n) is 6.93. The molecule has 0 radical (unpaired) electrons. The summed E-state index contributed by atoms with van der Waals surface area (Å²) in [6.45, 7) is 15.7. The van der Waals surface area contributed by atoms with Gasteiger partial charge in [0.1, 0.15) is 0 Å². The van der Waals surface area contributed by atoms with Crippen LogP contribution < -0.4 is 5.32 Å². The maximum Gasteiger partial charge on any atom is 0.0749 e. The fourth-order valence-electron chi connectivity index (χ4n) is 2.32. The summed E-state index contributed by atoms with van der Waals surface area (Å²) in [5.41, 5.74) is 0.270. The summed E-state index contributed by atoms with van der Waals surface area (Å²) < 4.78 is 5.54. The number of methoxy groups -OCH3 is 1. The van der Waals surface area contributed by atoms with Gasteiger partial charge in [-0.2, -0.15) is 0 Å². The van der Waals surface area contributed by atoms with Crippen LogP contribution in [0.25, 0.3) is 0 Å². The molecule has 3 heteroatoms. The zero-order valence-corrected chi connectivity index (χ0v) is 12.5. The molecule has 1 aliphatic heterocycles. The molecule has 0 bridgehead atoms. The summed E-state index contributed by atoms with van der Waals surface area (Å²) in [5.74, 6) is 0. The van der Waals surface area contributed by atoms with Crippen molar-refractivity contribution in [1.82, 2.24) is 10.2 Å². The number of hydrogen-bond donors (Lipinski definition) is 1. The van der Waals surface area contributed by atoms with Gasteiger partial charge in [0.05, 0.1) is 5.60 Å². The first-order valence-corrected chi connectivity index (χ1v) is 6.75. The van der Waals surface area contributed by atoms with Crippen molar-refractivity contribution in [2.45, 2.75) is 52.7 Å². The van der Waals surface area contributed by atoms with Gasteiger partial charge in [-0.05, 0) is 38.8 Å². The van der Waals surface area contributed by atoms with Crippen LogP contribution in [-0.2, 0) is 4.74 Å². The molecule has 0 saturated carbocycles. The molecule has 1 atom stereocenters. The van der Waals surface area contributed by atoms with Gasteiger partial charge < -0.3 is 10.1 Å². The van der Waals surface area contributed by atoms with Gasteiger partial charge in [0.15, 0.2) is 0 Å². The monoisotopic (exact) mass is 242 g/mol. The van der Waals surface area contributed by atoms with Crippen molar-refractivity contribution in [2.24, 2.45) is 5.41 Å². The van der Waals surface area contributed by atoms with Gasteiger partial charge in [-0.15, -0.1) is 0 Å². The Hall–Kier alpha value is -0.120. The molecule has 102 valence electrons. The minimum absolute atomic E-state index is 0.0488. The third-order valence-electron chi connectivity index (χ3n) is 3.68. The highest BCUT2D eigenvalue weighted by Crippen LogP contribution is 2.22. The van der Waals surface area contributed by atoms with E-state index in [1.165, 1.54) is 13.0 Å². The highest BCUT2D eigenvalue weighted by molar-refractivity contribution is 4.87. The van der Waals surface area contributed by atoms with Crippen molar-refractivity contribution < 1.29 is 4.74 Å². The Balaban J connectivity index is 2.61. The predicted octanol–water partition coefficient (Wildman–Crippen LogP) is 2.12. The summed E-state index contributed by atoms with van der Waals surface area (Å²) in [4.78, 5) is 2.54. The molecule has 1 saturated heterocycles. The SMILES string of the molecule is COC(C)(C)CN1CCCNC(C(C)(C)C)C1. The molecule has 0 aromatic rings. The van der Waals surface area contributed by atoms with Crippen LogP contribution in [0.1, 0.15) is 41.0 Å². The molecule has 1 aliphatic rings.